The van der Waals surface area contributed by atoms with Gasteiger partial charge in [-0.3, -0.25) is 0 Å². The molecule has 1 N–H and O–H groups in total. The van der Waals surface area contributed by atoms with Gasteiger partial charge in [0.05, 0.1) is 13.2 Å². The first kappa shape index (κ1) is 15.7. The van der Waals surface area contributed by atoms with Crippen LogP contribution in [-0.2, 0) is 9.53 Å². The van der Waals surface area contributed by atoms with Crippen molar-refractivity contribution >= 4 is 5.97 Å². The number of rotatable bonds is 5. The maximum absolute atomic E-state index is 11.6. The first-order chi connectivity index (χ1) is 7.99. The van der Waals surface area contributed by atoms with Gasteiger partial charge in [0.25, 0.3) is 0 Å². The van der Waals surface area contributed by atoms with Crippen molar-refractivity contribution in [2.45, 2.75) is 34.6 Å². The Labute approximate surface area is 103 Å². The van der Waals surface area contributed by atoms with Gasteiger partial charge in [-0.15, -0.1) is 0 Å². The van der Waals surface area contributed by atoms with E-state index in [9.17, 15) is 9.90 Å². The fourth-order valence-electron chi connectivity index (χ4n) is 1.43. The fourth-order valence-corrected chi connectivity index (χ4v) is 1.43. The van der Waals surface area contributed by atoms with Gasteiger partial charge < -0.3 is 9.84 Å². The van der Waals surface area contributed by atoms with E-state index < -0.39 is 0 Å². The molecule has 0 amide bonds. The van der Waals surface area contributed by atoms with E-state index in [0.29, 0.717) is 12.2 Å². The molecule has 0 saturated carbocycles. The maximum Gasteiger partial charge on any atom is 0.333 e. The maximum atomic E-state index is 11.6. The average Bonchev–Trinajstić information content (AvgIpc) is 2.33. The second-order valence-electron chi connectivity index (χ2n) is 3.82. The standard InChI is InChI=1S/C14H22O3/c1-6-8-13(10(3)9-15)11(4)12(5)14(16)17-7-2/h6,8,15H,7,9H2,1-5H3/b8-6+,12-11+,13-10+. The summed E-state index contributed by atoms with van der Waals surface area (Å²) in [6.07, 6.45) is 3.78. The van der Waals surface area contributed by atoms with Crippen LogP contribution in [0, 0.1) is 0 Å². The topological polar surface area (TPSA) is 46.5 Å². The number of aliphatic hydroxyl groups excluding tert-OH is 1. The van der Waals surface area contributed by atoms with Crippen LogP contribution >= 0.6 is 0 Å². The zero-order chi connectivity index (χ0) is 13.4. The number of esters is 1. The summed E-state index contributed by atoms with van der Waals surface area (Å²) in [6.45, 7) is 9.47. The molecule has 0 bridgehead atoms. The monoisotopic (exact) mass is 238 g/mol. The number of allylic oxidation sites excluding steroid dienone is 4. The Morgan fingerprint density at radius 3 is 2.24 bits per heavy atom. The summed E-state index contributed by atoms with van der Waals surface area (Å²) in [4.78, 5) is 11.6. The summed E-state index contributed by atoms with van der Waals surface area (Å²) in [6, 6.07) is 0. The smallest absolute Gasteiger partial charge is 0.333 e. The molecular formula is C14H22O3. The molecule has 3 heteroatoms. The molecule has 0 rings (SSSR count). The summed E-state index contributed by atoms with van der Waals surface area (Å²) in [5, 5.41) is 9.17. The van der Waals surface area contributed by atoms with Crippen molar-refractivity contribution in [1.82, 2.24) is 0 Å². The van der Waals surface area contributed by atoms with E-state index in [1.54, 1.807) is 13.8 Å². The quantitative estimate of drug-likeness (QED) is 0.455. The minimum atomic E-state index is -0.308. The first-order valence-electron chi connectivity index (χ1n) is 5.77. The lowest BCUT2D eigenvalue weighted by atomic mass is 9.97. The van der Waals surface area contributed by atoms with Crippen LogP contribution in [0.4, 0.5) is 0 Å². The average molecular weight is 238 g/mol. The Bertz CT molecular complexity index is 360. The molecule has 0 aliphatic heterocycles. The lowest BCUT2D eigenvalue weighted by molar-refractivity contribution is -0.138. The van der Waals surface area contributed by atoms with E-state index >= 15 is 0 Å². The summed E-state index contributed by atoms with van der Waals surface area (Å²) in [5.74, 6) is -0.308. The Balaban J connectivity index is 5.41. The van der Waals surface area contributed by atoms with Crippen molar-refractivity contribution in [2.75, 3.05) is 13.2 Å². The third kappa shape index (κ3) is 4.57. The van der Waals surface area contributed by atoms with Crippen LogP contribution < -0.4 is 0 Å². The summed E-state index contributed by atoms with van der Waals surface area (Å²) in [7, 11) is 0. The first-order valence-corrected chi connectivity index (χ1v) is 5.77. The highest BCUT2D eigenvalue weighted by Crippen LogP contribution is 2.20. The largest absolute Gasteiger partial charge is 0.463 e. The van der Waals surface area contributed by atoms with Gasteiger partial charge >= 0.3 is 5.97 Å². The molecule has 0 aromatic rings. The van der Waals surface area contributed by atoms with Crippen molar-refractivity contribution in [3.05, 3.63) is 34.4 Å². The third-order valence-electron chi connectivity index (χ3n) is 2.58. The zero-order valence-corrected chi connectivity index (χ0v) is 11.3. The van der Waals surface area contributed by atoms with Crippen LogP contribution in [0.2, 0.25) is 0 Å². The Hall–Kier alpha value is -1.35. The van der Waals surface area contributed by atoms with Gasteiger partial charge in [-0.2, -0.15) is 0 Å². The Kier molecular flexibility index (Phi) is 7.22. The number of aliphatic hydroxyl groups is 1. The molecule has 3 nitrogen and oxygen atoms in total. The summed E-state index contributed by atoms with van der Waals surface area (Å²) < 4.78 is 4.96. The number of carbonyl (C=O) groups excluding carboxylic acids is 1. The van der Waals surface area contributed by atoms with E-state index in [4.69, 9.17) is 4.74 Å². The number of hydrogen-bond donors (Lipinski definition) is 1. The highest BCUT2D eigenvalue weighted by Gasteiger charge is 2.11. The second-order valence-corrected chi connectivity index (χ2v) is 3.82. The lowest BCUT2D eigenvalue weighted by Gasteiger charge is -2.11. The van der Waals surface area contributed by atoms with Crippen LogP contribution in [-0.4, -0.2) is 24.3 Å². The molecule has 0 aromatic carbocycles. The van der Waals surface area contributed by atoms with Crippen LogP contribution in [0.5, 0.6) is 0 Å². The molecule has 0 aliphatic carbocycles. The van der Waals surface area contributed by atoms with E-state index in [1.165, 1.54) is 0 Å². The van der Waals surface area contributed by atoms with Crippen LogP contribution in [0.25, 0.3) is 0 Å². The molecule has 96 valence electrons. The van der Waals surface area contributed by atoms with Crippen LogP contribution in [0.3, 0.4) is 0 Å². The van der Waals surface area contributed by atoms with Gasteiger partial charge in [0.15, 0.2) is 0 Å². The Morgan fingerprint density at radius 2 is 1.82 bits per heavy atom. The predicted molar refractivity (Wildman–Crippen MR) is 69.6 cm³/mol. The van der Waals surface area contributed by atoms with Crippen molar-refractivity contribution in [3.8, 4) is 0 Å². The van der Waals surface area contributed by atoms with Gasteiger partial charge in [0, 0.05) is 5.57 Å². The normalized spacial score (nSPS) is 14.5. The van der Waals surface area contributed by atoms with Crippen molar-refractivity contribution in [1.29, 1.82) is 0 Å². The SMILES string of the molecule is C/C=C/C(=C(/C)CO)C(/C)=C(\C)C(=O)OCC. The number of carbonyl (C=O) groups is 1. The zero-order valence-electron chi connectivity index (χ0n) is 11.3. The van der Waals surface area contributed by atoms with Gasteiger partial charge in [-0.25, -0.2) is 4.79 Å². The predicted octanol–water partition coefficient (Wildman–Crippen LogP) is 2.77. The number of ether oxygens (including phenoxy) is 1. The van der Waals surface area contributed by atoms with E-state index in [0.717, 1.165) is 16.7 Å². The van der Waals surface area contributed by atoms with Gasteiger partial charge in [0.2, 0.25) is 0 Å². The van der Waals surface area contributed by atoms with E-state index in [2.05, 4.69) is 0 Å². The van der Waals surface area contributed by atoms with E-state index in [1.807, 2.05) is 32.9 Å². The van der Waals surface area contributed by atoms with Gasteiger partial charge in [-0.1, -0.05) is 12.2 Å². The summed E-state index contributed by atoms with van der Waals surface area (Å²) in [5.41, 5.74) is 3.14. The molecule has 0 saturated heterocycles. The molecular weight excluding hydrogens is 216 g/mol. The molecule has 0 aliphatic rings. The molecule has 0 fully saturated rings. The molecule has 0 heterocycles. The van der Waals surface area contributed by atoms with Crippen molar-refractivity contribution < 1.29 is 14.6 Å². The molecule has 17 heavy (non-hydrogen) atoms. The minimum absolute atomic E-state index is 0.0207. The molecule has 0 atom stereocenters. The van der Waals surface area contributed by atoms with Crippen LogP contribution in [0.1, 0.15) is 34.6 Å². The van der Waals surface area contributed by atoms with Crippen molar-refractivity contribution in [2.24, 2.45) is 0 Å². The highest BCUT2D eigenvalue weighted by atomic mass is 16.5. The van der Waals surface area contributed by atoms with E-state index in [-0.39, 0.29) is 12.6 Å². The molecule has 0 aromatic heterocycles. The minimum Gasteiger partial charge on any atom is -0.463 e. The van der Waals surface area contributed by atoms with Gasteiger partial charge in [-0.05, 0) is 51.3 Å². The lowest BCUT2D eigenvalue weighted by Crippen LogP contribution is -2.08. The van der Waals surface area contributed by atoms with Gasteiger partial charge in [0.1, 0.15) is 0 Å². The summed E-state index contributed by atoms with van der Waals surface area (Å²) >= 11 is 0. The molecule has 0 unspecified atom stereocenters. The molecule has 0 spiro atoms. The second kappa shape index (κ2) is 7.85. The molecule has 0 radical (unpaired) electrons. The Morgan fingerprint density at radius 1 is 1.24 bits per heavy atom. The number of hydrogen-bond acceptors (Lipinski definition) is 3. The highest BCUT2D eigenvalue weighted by molar-refractivity contribution is 5.89. The fraction of sp³-hybridized carbons (Fsp3) is 0.500. The third-order valence-corrected chi connectivity index (χ3v) is 2.58. The van der Waals surface area contributed by atoms with Crippen LogP contribution in [0.15, 0.2) is 34.4 Å². The van der Waals surface area contributed by atoms with Crippen molar-refractivity contribution in [3.63, 3.8) is 0 Å².